The van der Waals surface area contributed by atoms with Crippen molar-refractivity contribution in [3.05, 3.63) is 151 Å². The maximum atomic E-state index is 6.26. The second-order valence-corrected chi connectivity index (χ2v) is 14.8. The summed E-state index contributed by atoms with van der Waals surface area (Å²) in [6, 6.07) is 49.2. The van der Waals surface area contributed by atoms with Crippen LogP contribution in [0.3, 0.4) is 0 Å². The first kappa shape index (κ1) is 29.8. The molecule has 244 valence electrons. The molecular weight excluding hydrogens is 623 g/mol. The fourth-order valence-electron chi connectivity index (χ4n) is 8.31. The van der Waals surface area contributed by atoms with Crippen molar-refractivity contribution >= 4 is 43.5 Å². The second kappa shape index (κ2) is 10.7. The number of nitrogens with zero attached hydrogens (tertiary/aromatic N) is 3. The summed E-state index contributed by atoms with van der Waals surface area (Å²) in [6.45, 7) is 9.56. The molecule has 4 heteroatoms. The van der Waals surface area contributed by atoms with Crippen LogP contribution in [0, 0.1) is 0 Å². The average molecular weight is 658 g/mol. The summed E-state index contributed by atoms with van der Waals surface area (Å²) in [5.74, 6) is 1.88. The van der Waals surface area contributed by atoms with Gasteiger partial charge in [0.1, 0.15) is 11.2 Å². The van der Waals surface area contributed by atoms with E-state index in [-0.39, 0.29) is 10.8 Å². The van der Waals surface area contributed by atoms with Gasteiger partial charge in [-0.1, -0.05) is 149 Å². The summed E-state index contributed by atoms with van der Waals surface area (Å²) < 4.78 is 6.26. The maximum absolute atomic E-state index is 6.26. The first-order valence-corrected chi connectivity index (χ1v) is 17.6. The Morgan fingerprint density at radius 3 is 1.92 bits per heavy atom. The lowest BCUT2D eigenvalue weighted by Crippen LogP contribution is -2.43. The molecule has 51 heavy (non-hydrogen) atoms. The number of para-hydroxylation sites is 1. The monoisotopic (exact) mass is 657 g/mol. The van der Waals surface area contributed by atoms with Crippen molar-refractivity contribution in [1.82, 2.24) is 15.0 Å². The van der Waals surface area contributed by atoms with E-state index in [0.717, 1.165) is 38.6 Å². The zero-order valence-electron chi connectivity index (χ0n) is 29.0. The van der Waals surface area contributed by atoms with Crippen LogP contribution in [0.15, 0.2) is 144 Å². The van der Waals surface area contributed by atoms with Gasteiger partial charge in [-0.3, -0.25) is 0 Å². The van der Waals surface area contributed by atoms with Crippen molar-refractivity contribution in [1.29, 1.82) is 0 Å². The Morgan fingerprint density at radius 1 is 0.431 bits per heavy atom. The average Bonchev–Trinajstić information content (AvgIpc) is 3.56. The third kappa shape index (κ3) is 4.29. The Labute approximate surface area is 296 Å². The number of fused-ring (bicyclic) bond motifs is 10. The Kier molecular flexibility index (Phi) is 6.23. The topological polar surface area (TPSA) is 51.8 Å². The maximum Gasteiger partial charge on any atom is 0.164 e. The largest absolute Gasteiger partial charge is 0.456 e. The number of rotatable bonds is 3. The van der Waals surface area contributed by atoms with Crippen LogP contribution < -0.4 is 0 Å². The van der Waals surface area contributed by atoms with Crippen molar-refractivity contribution in [3.8, 4) is 45.3 Å². The predicted molar refractivity (Wildman–Crippen MR) is 210 cm³/mol. The normalized spacial score (nSPS) is 14.6. The van der Waals surface area contributed by atoms with Gasteiger partial charge in [0, 0.05) is 27.5 Å². The molecule has 1 aliphatic rings. The van der Waals surface area contributed by atoms with Crippen molar-refractivity contribution in [3.63, 3.8) is 0 Å². The van der Waals surface area contributed by atoms with Crippen LogP contribution in [0.5, 0.6) is 0 Å². The molecule has 0 unspecified atom stereocenters. The van der Waals surface area contributed by atoms with Crippen molar-refractivity contribution < 1.29 is 4.42 Å². The zero-order valence-corrected chi connectivity index (χ0v) is 29.0. The quantitative estimate of drug-likeness (QED) is 0.177. The second-order valence-electron chi connectivity index (χ2n) is 14.8. The lowest BCUT2D eigenvalue weighted by atomic mass is 9.55. The van der Waals surface area contributed by atoms with Gasteiger partial charge < -0.3 is 4.42 Å². The minimum atomic E-state index is -0.0867. The molecule has 0 N–H and O–H groups in total. The number of furan rings is 1. The molecule has 4 nitrogen and oxygen atoms in total. The Bertz CT molecular complexity index is 2860. The number of benzene rings is 7. The SMILES string of the molecule is CC1(C)c2ccccc2-c2c(ccc3ccc4ccc(-c5nc(-c6ccccc6)nc(-c6cccc7oc8ccccc8c67)n5)cc4c23)C1(C)C. The summed E-state index contributed by atoms with van der Waals surface area (Å²) in [5.41, 5.74) is 9.74. The molecule has 0 radical (unpaired) electrons. The molecule has 0 fully saturated rings. The molecule has 0 aliphatic heterocycles. The van der Waals surface area contributed by atoms with Gasteiger partial charge in [-0.2, -0.15) is 0 Å². The van der Waals surface area contributed by atoms with Crippen LogP contribution in [-0.4, -0.2) is 15.0 Å². The van der Waals surface area contributed by atoms with E-state index in [2.05, 4.69) is 119 Å². The smallest absolute Gasteiger partial charge is 0.164 e. The Balaban J connectivity index is 1.25. The van der Waals surface area contributed by atoms with E-state index in [1.54, 1.807) is 0 Å². The highest BCUT2D eigenvalue weighted by Gasteiger charge is 2.46. The van der Waals surface area contributed by atoms with E-state index in [9.17, 15) is 0 Å². The third-order valence-corrected chi connectivity index (χ3v) is 11.7. The summed E-state index contributed by atoms with van der Waals surface area (Å²) in [4.78, 5) is 15.5. The minimum absolute atomic E-state index is 0.0434. The first-order chi connectivity index (χ1) is 24.8. The van der Waals surface area contributed by atoms with Gasteiger partial charge in [0.15, 0.2) is 17.5 Å². The van der Waals surface area contributed by atoms with Gasteiger partial charge >= 0.3 is 0 Å². The van der Waals surface area contributed by atoms with Gasteiger partial charge in [-0.25, -0.2) is 15.0 Å². The molecule has 0 amide bonds. The fourth-order valence-corrected chi connectivity index (χ4v) is 8.31. The Hall–Kier alpha value is -6.13. The molecule has 1 aliphatic carbocycles. The molecule has 9 aromatic rings. The molecule has 0 bridgehead atoms. The van der Waals surface area contributed by atoms with Crippen LogP contribution in [0.1, 0.15) is 38.8 Å². The van der Waals surface area contributed by atoms with Crippen LogP contribution in [0.25, 0.3) is 88.8 Å². The summed E-state index contributed by atoms with van der Waals surface area (Å²) in [7, 11) is 0. The van der Waals surface area contributed by atoms with Gasteiger partial charge in [0.2, 0.25) is 0 Å². The fraction of sp³-hybridized carbons (Fsp3) is 0.128. The summed E-state index contributed by atoms with van der Waals surface area (Å²) in [5, 5.41) is 6.92. The van der Waals surface area contributed by atoms with Gasteiger partial charge in [0.05, 0.1) is 0 Å². The van der Waals surface area contributed by atoms with Crippen LogP contribution in [0.4, 0.5) is 0 Å². The zero-order chi connectivity index (χ0) is 34.5. The predicted octanol–water partition coefficient (Wildman–Crippen LogP) is 12.3. The highest BCUT2D eigenvalue weighted by atomic mass is 16.3. The van der Waals surface area contributed by atoms with Crippen molar-refractivity contribution in [2.24, 2.45) is 0 Å². The molecule has 2 aromatic heterocycles. The van der Waals surface area contributed by atoms with Crippen LogP contribution in [0.2, 0.25) is 0 Å². The number of hydrogen-bond acceptors (Lipinski definition) is 4. The van der Waals surface area contributed by atoms with E-state index in [1.807, 2.05) is 48.5 Å². The third-order valence-electron chi connectivity index (χ3n) is 11.7. The van der Waals surface area contributed by atoms with E-state index < -0.39 is 0 Å². The standard InChI is InChI=1S/C47H35N3O/c1-46(2)36-18-10-8-15-32(36)42-37(47(46,3)4)26-25-29-23-21-28-22-24-31(27-35(28)40(29)42)44-48-43(30-13-6-5-7-14-30)49-45(50-44)34-17-12-20-39-41(34)33-16-9-11-19-38(33)51-39/h5-27H,1-4H3. The van der Waals surface area contributed by atoms with Crippen molar-refractivity contribution in [2.75, 3.05) is 0 Å². The summed E-state index contributed by atoms with van der Waals surface area (Å²) >= 11 is 0. The molecule has 7 aromatic carbocycles. The van der Waals surface area contributed by atoms with Gasteiger partial charge in [-0.05, 0) is 72.8 Å². The van der Waals surface area contributed by atoms with E-state index in [1.165, 1.54) is 43.8 Å². The highest BCUT2D eigenvalue weighted by Crippen LogP contribution is 2.56. The molecule has 0 spiro atoms. The molecule has 2 heterocycles. The van der Waals surface area contributed by atoms with E-state index >= 15 is 0 Å². The van der Waals surface area contributed by atoms with Crippen molar-refractivity contribution in [2.45, 2.75) is 38.5 Å². The first-order valence-electron chi connectivity index (χ1n) is 17.6. The highest BCUT2D eigenvalue weighted by molar-refractivity contribution is 6.17. The van der Waals surface area contributed by atoms with Gasteiger partial charge in [-0.15, -0.1) is 0 Å². The van der Waals surface area contributed by atoms with Crippen LogP contribution >= 0.6 is 0 Å². The lowest BCUT2D eigenvalue weighted by Gasteiger charge is -2.48. The molecule has 0 saturated heterocycles. The Morgan fingerprint density at radius 2 is 1.06 bits per heavy atom. The minimum Gasteiger partial charge on any atom is -0.456 e. The molecule has 0 saturated carbocycles. The number of hydrogen-bond donors (Lipinski definition) is 0. The van der Waals surface area contributed by atoms with E-state index in [4.69, 9.17) is 19.4 Å². The van der Waals surface area contributed by atoms with E-state index in [0.29, 0.717) is 17.5 Å². The van der Waals surface area contributed by atoms with Gasteiger partial charge in [0.25, 0.3) is 0 Å². The van der Waals surface area contributed by atoms with Crippen LogP contribution in [-0.2, 0) is 10.8 Å². The lowest BCUT2D eigenvalue weighted by molar-refractivity contribution is 0.299. The molecular formula is C47H35N3O. The molecule has 10 rings (SSSR count). The molecule has 0 atom stereocenters. The summed E-state index contributed by atoms with van der Waals surface area (Å²) in [6.07, 6.45) is 0. The number of aromatic nitrogens is 3.